The van der Waals surface area contributed by atoms with E-state index in [9.17, 15) is 9.59 Å². The monoisotopic (exact) mass is 315 g/mol. The number of aromatic nitrogens is 1. The van der Waals surface area contributed by atoms with E-state index in [1.54, 1.807) is 24.3 Å². The molecule has 6 nitrogen and oxygen atoms in total. The smallest absolute Gasteiger partial charge is 0.295 e. The fourth-order valence-electron chi connectivity index (χ4n) is 2.94. The van der Waals surface area contributed by atoms with Gasteiger partial charge in [-0.1, -0.05) is 6.92 Å². The molecule has 23 heavy (non-hydrogen) atoms. The number of hydrogen-bond acceptors (Lipinski definition) is 4. The number of ketones is 1. The lowest BCUT2D eigenvalue weighted by atomic mass is 10.1. The molecular formula is C17H21N3O3. The van der Waals surface area contributed by atoms with Gasteiger partial charge in [-0.05, 0) is 24.7 Å². The molecule has 0 unspecified atom stereocenters. The maximum atomic E-state index is 12.6. The average molecular weight is 315 g/mol. The molecule has 0 aliphatic carbocycles. The average Bonchev–Trinajstić information content (AvgIpc) is 3.03. The molecule has 1 N–H and O–H groups in total. The zero-order valence-electron chi connectivity index (χ0n) is 13.5. The second-order valence-corrected chi connectivity index (χ2v) is 5.67. The Morgan fingerprint density at radius 2 is 1.96 bits per heavy atom. The van der Waals surface area contributed by atoms with Crippen LogP contribution in [0.15, 0.2) is 24.4 Å². The summed E-state index contributed by atoms with van der Waals surface area (Å²) in [7, 11) is 1.58. The number of carbonyl (C=O) groups excluding carboxylic acids is 2. The normalized spacial score (nSPS) is 15.8. The van der Waals surface area contributed by atoms with Crippen molar-refractivity contribution in [1.29, 1.82) is 0 Å². The summed E-state index contributed by atoms with van der Waals surface area (Å²) in [6.07, 6.45) is 1.60. The molecule has 1 fully saturated rings. The summed E-state index contributed by atoms with van der Waals surface area (Å²) in [5.74, 6) is -0.228. The van der Waals surface area contributed by atoms with Gasteiger partial charge < -0.3 is 19.5 Å². The van der Waals surface area contributed by atoms with E-state index < -0.39 is 11.7 Å². The number of nitrogens with one attached hydrogen (secondary N) is 1. The van der Waals surface area contributed by atoms with Crippen molar-refractivity contribution in [3.63, 3.8) is 0 Å². The third-order valence-corrected chi connectivity index (χ3v) is 4.43. The van der Waals surface area contributed by atoms with E-state index in [2.05, 4.69) is 16.8 Å². The lowest BCUT2D eigenvalue weighted by Crippen LogP contribution is -2.50. The first-order valence-corrected chi connectivity index (χ1v) is 7.85. The molecule has 0 atom stereocenters. The van der Waals surface area contributed by atoms with Gasteiger partial charge in [0.15, 0.2) is 0 Å². The van der Waals surface area contributed by atoms with Crippen molar-refractivity contribution in [1.82, 2.24) is 14.8 Å². The predicted octanol–water partition coefficient (Wildman–Crippen LogP) is 1.52. The van der Waals surface area contributed by atoms with Gasteiger partial charge in [0.2, 0.25) is 0 Å². The third-order valence-electron chi connectivity index (χ3n) is 4.43. The number of rotatable bonds is 4. The van der Waals surface area contributed by atoms with Gasteiger partial charge in [0.1, 0.15) is 5.75 Å². The molecular weight excluding hydrogens is 294 g/mol. The second kappa shape index (κ2) is 6.42. The van der Waals surface area contributed by atoms with Crippen LogP contribution in [-0.4, -0.2) is 66.3 Å². The number of hydrogen-bond donors (Lipinski definition) is 1. The largest absolute Gasteiger partial charge is 0.497 e. The zero-order chi connectivity index (χ0) is 16.4. The molecule has 1 aliphatic heterocycles. The van der Waals surface area contributed by atoms with Crippen molar-refractivity contribution in [2.45, 2.75) is 6.92 Å². The molecule has 6 heteroatoms. The van der Waals surface area contributed by atoms with Crippen molar-refractivity contribution in [2.75, 3.05) is 39.8 Å². The summed E-state index contributed by atoms with van der Waals surface area (Å²) < 4.78 is 5.20. The van der Waals surface area contributed by atoms with Gasteiger partial charge in [-0.15, -0.1) is 0 Å². The Labute approximate surface area is 135 Å². The predicted molar refractivity (Wildman–Crippen MR) is 87.9 cm³/mol. The van der Waals surface area contributed by atoms with Gasteiger partial charge in [0, 0.05) is 43.3 Å². The van der Waals surface area contributed by atoms with Crippen molar-refractivity contribution >= 4 is 22.6 Å². The Bertz CT molecular complexity index is 730. The van der Waals surface area contributed by atoms with Crippen LogP contribution in [0.4, 0.5) is 0 Å². The summed E-state index contributed by atoms with van der Waals surface area (Å²) in [6.45, 7) is 5.91. The standard InChI is InChI=1S/C17H21N3O3/c1-3-19-6-8-20(9-7-19)17(22)16(21)14-11-18-15-5-4-12(23-2)10-13(14)15/h4-5,10-11,18H,3,6-9H2,1-2H3. The summed E-state index contributed by atoms with van der Waals surface area (Å²) in [4.78, 5) is 32.1. The third kappa shape index (κ3) is 2.94. The van der Waals surface area contributed by atoms with Crippen LogP contribution in [0.25, 0.3) is 10.9 Å². The van der Waals surface area contributed by atoms with Crippen molar-refractivity contribution in [3.05, 3.63) is 30.0 Å². The number of H-pyrrole nitrogens is 1. The highest BCUT2D eigenvalue weighted by atomic mass is 16.5. The number of piperazine rings is 1. The number of ether oxygens (including phenoxy) is 1. The zero-order valence-corrected chi connectivity index (χ0v) is 13.5. The number of likely N-dealkylation sites (N-methyl/N-ethyl adjacent to an activating group) is 1. The maximum Gasteiger partial charge on any atom is 0.295 e. The second-order valence-electron chi connectivity index (χ2n) is 5.67. The number of carbonyl (C=O) groups is 2. The summed E-state index contributed by atoms with van der Waals surface area (Å²) in [5.41, 5.74) is 1.22. The van der Waals surface area contributed by atoms with E-state index in [1.165, 1.54) is 0 Å². The molecule has 0 bridgehead atoms. The fourth-order valence-corrected chi connectivity index (χ4v) is 2.94. The van der Waals surface area contributed by atoms with E-state index in [0.717, 1.165) is 30.5 Å². The number of Topliss-reactive ketones (excluding diaryl/α,β-unsaturated/α-hetero) is 1. The van der Waals surface area contributed by atoms with E-state index in [4.69, 9.17) is 4.74 Å². The van der Waals surface area contributed by atoms with E-state index >= 15 is 0 Å². The Morgan fingerprint density at radius 3 is 2.61 bits per heavy atom. The van der Waals surface area contributed by atoms with Gasteiger partial charge in [0.05, 0.1) is 12.7 Å². The first-order valence-electron chi connectivity index (χ1n) is 7.85. The minimum absolute atomic E-state index is 0.404. The molecule has 2 heterocycles. The highest BCUT2D eigenvalue weighted by Gasteiger charge is 2.28. The molecule has 3 rings (SSSR count). The fraction of sp³-hybridized carbons (Fsp3) is 0.412. The highest BCUT2D eigenvalue weighted by Crippen LogP contribution is 2.24. The number of methoxy groups -OCH3 is 1. The van der Waals surface area contributed by atoms with Crippen LogP contribution < -0.4 is 4.74 Å². The van der Waals surface area contributed by atoms with Gasteiger partial charge in [-0.2, -0.15) is 0 Å². The Morgan fingerprint density at radius 1 is 1.22 bits per heavy atom. The van der Waals surface area contributed by atoms with Gasteiger partial charge in [0.25, 0.3) is 11.7 Å². The van der Waals surface area contributed by atoms with Crippen molar-refractivity contribution in [2.24, 2.45) is 0 Å². The molecule has 122 valence electrons. The topological polar surface area (TPSA) is 65.6 Å². The molecule has 2 aromatic rings. The van der Waals surface area contributed by atoms with Crippen molar-refractivity contribution in [3.8, 4) is 5.75 Å². The first-order chi connectivity index (χ1) is 11.1. The molecule has 1 aromatic carbocycles. The molecule has 1 aromatic heterocycles. The van der Waals surface area contributed by atoms with Crippen LogP contribution in [0.1, 0.15) is 17.3 Å². The lowest BCUT2D eigenvalue weighted by molar-refractivity contribution is -0.128. The molecule has 0 radical (unpaired) electrons. The number of fused-ring (bicyclic) bond motifs is 1. The van der Waals surface area contributed by atoms with Crippen LogP contribution >= 0.6 is 0 Å². The lowest BCUT2D eigenvalue weighted by Gasteiger charge is -2.33. The van der Waals surface area contributed by atoms with Gasteiger partial charge in [-0.3, -0.25) is 9.59 Å². The Hall–Kier alpha value is -2.34. The van der Waals surface area contributed by atoms with Gasteiger partial charge in [-0.25, -0.2) is 0 Å². The molecule has 1 amide bonds. The SMILES string of the molecule is CCN1CCN(C(=O)C(=O)c2c[nH]c3ccc(OC)cc23)CC1. The summed E-state index contributed by atoms with van der Waals surface area (Å²) in [5, 5.41) is 0.717. The van der Waals surface area contributed by atoms with E-state index in [-0.39, 0.29) is 0 Å². The van der Waals surface area contributed by atoms with Crippen LogP contribution in [0, 0.1) is 0 Å². The Balaban J connectivity index is 1.81. The molecule has 1 aliphatic rings. The van der Waals surface area contributed by atoms with Crippen LogP contribution in [0.5, 0.6) is 5.75 Å². The number of amides is 1. The molecule has 1 saturated heterocycles. The van der Waals surface area contributed by atoms with Crippen molar-refractivity contribution < 1.29 is 14.3 Å². The minimum atomic E-state index is -0.463. The van der Waals surface area contributed by atoms with Crippen LogP contribution in [0.3, 0.4) is 0 Å². The van der Waals surface area contributed by atoms with E-state index in [0.29, 0.717) is 24.4 Å². The number of nitrogens with zero attached hydrogens (tertiary/aromatic N) is 2. The number of benzene rings is 1. The van der Waals surface area contributed by atoms with Gasteiger partial charge >= 0.3 is 0 Å². The summed E-state index contributed by atoms with van der Waals surface area (Å²) >= 11 is 0. The molecule has 0 saturated carbocycles. The quantitative estimate of drug-likeness (QED) is 0.686. The maximum absolute atomic E-state index is 12.6. The highest BCUT2D eigenvalue weighted by molar-refractivity contribution is 6.44. The Kier molecular flexibility index (Phi) is 4.34. The molecule has 0 spiro atoms. The first kappa shape index (κ1) is 15.6. The van der Waals surface area contributed by atoms with E-state index in [1.807, 2.05) is 12.1 Å². The minimum Gasteiger partial charge on any atom is -0.497 e. The van der Waals surface area contributed by atoms with Crippen LogP contribution in [0.2, 0.25) is 0 Å². The van der Waals surface area contributed by atoms with Crippen LogP contribution in [-0.2, 0) is 4.79 Å². The number of aromatic amines is 1. The summed E-state index contributed by atoms with van der Waals surface area (Å²) in [6, 6.07) is 5.44.